The normalized spacial score (nSPS) is 11.8. The van der Waals surface area contributed by atoms with Crippen LogP contribution in [0.3, 0.4) is 0 Å². The Bertz CT molecular complexity index is 507. The first-order valence-corrected chi connectivity index (χ1v) is 6.96. The summed E-state index contributed by atoms with van der Waals surface area (Å²) >= 11 is 11.7. The average Bonchev–Trinajstić information content (AvgIpc) is 2.46. The van der Waals surface area contributed by atoms with E-state index in [0.29, 0.717) is 15.7 Å². The van der Waals surface area contributed by atoms with Crippen LogP contribution in [0.4, 0.5) is 5.69 Å². The summed E-state index contributed by atoms with van der Waals surface area (Å²) in [4.78, 5) is 23.3. The minimum Gasteiger partial charge on any atom is -0.380 e. The van der Waals surface area contributed by atoms with E-state index in [9.17, 15) is 9.59 Å². The fourth-order valence-corrected chi connectivity index (χ4v) is 1.85. The Morgan fingerprint density at radius 3 is 2.67 bits per heavy atom. The van der Waals surface area contributed by atoms with Crippen molar-refractivity contribution in [3.8, 4) is 0 Å². The lowest BCUT2D eigenvalue weighted by Crippen LogP contribution is -2.36. The monoisotopic (exact) mass is 333 g/mol. The molecule has 0 radical (unpaired) electrons. The second-order valence-electron chi connectivity index (χ2n) is 4.25. The highest BCUT2D eigenvalue weighted by Gasteiger charge is 2.13. The molecule has 6 nitrogen and oxygen atoms in total. The molecule has 0 saturated carbocycles. The number of carbonyl (C=O) groups excluding carboxylic acids is 2. The number of amides is 2. The molecule has 0 aliphatic carbocycles. The molecule has 1 atom stereocenters. The van der Waals surface area contributed by atoms with Gasteiger partial charge < -0.3 is 21.1 Å². The van der Waals surface area contributed by atoms with Gasteiger partial charge in [-0.05, 0) is 18.2 Å². The van der Waals surface area contributed by atoms with Gasteiger partial charge in [0.25, 0.3) is 0 Å². The van der Waals surface area contributed by atoms with E-state index in [1.165, 1.54) is 13.2 Å². The highest BCUT2D eigenvalue weighted by Crippen LogP contribution is 2.25. The summed E-state index contributed by atoms with van der Waals surface area (Å²) in [6.07, 6.45) is -0.270. The number of halogens is 2. The first-order valence-electron chi connectivity index (χ1n) is 6.20. The zero-order valence-electron chi connectivity index (χ0n) is 11.5. The summed E-state index contributed by atoms with van der Waals surface area (Å²) in [5, 5.41) is 5.85. The van der Waals surface area contributed by atoms with Crippen LogP contribution in [0.15, 0.2) is 18.2 Å². The van der Waals surface area contributed by atoms with Crippen molar-refractivity contribution in [1.82, 2.24) is 5.32 Å². The van der Waals surface area contributed by atoms with Crippen LogP contribution < -0.4 is 16.4 Å². The summed E-state index contributed by atoms with van der Waals surface area (Å²) in [5.41, 5.74) is 5.80. The van der Waals surface area contributed by atoms with Gasteiger partial charge in [-0.2, -0.15) is 0 Å². The topological polar surface area (TPSA) is 93.4 Å². The molecule has 0 bridgehead atoms. The Labute approximate surface area is 132 Å². The summed E-state index contributed by atoms with van der Waals surface area (Å²) in [6.45, 7) is 0.0525. The Balaban J connectivity index is 2.44. The molecule has 1 unspecified atom stereocenters. The number of hydrogen-bond donors (Lipinski definition) is 3. The van der Waals surface area contributed by atoms with Crippen molar-refractivity contribution in [2.45, 2.75) is 12.5 Å². The van der Waals surface area contributed by atoms with Gasteiger partial charge in [0.2, 0.25) is 11.8 Å². The van der Waals surface area contributed by atoms with Gasteiger partial charge in [-0.3, -0.25) is 9.59 Å². The lowest BCUT2D eigenvalue weighted by Gasteiger charge is -2.13. The zero-order valence-corrected chi connectivity index (χ0v) is 13.0. The predicted molar refractivity (Wildman–Crippen MR) is 82.6 cm³/mol. The smallest absolute Gasteiger partial charge is 0.243 e. The molecule has 1 rings (SSSR count). The largest absolute Gasteiger partial charge is 0.380 e. The molecule has 0 aliphatic rings. The highest BCUT2D eigenvalue weighted by atomic mass is 35.5. The molecule has 1 aromatic rings. The second kappa shape index (κ2) is 8.84. The third kappa shape index (κ3) is 6.31. The molecule has 0 heterocycles. The molecular weight excluding hydrogens is 317 g/mol. The summed E-state index contributed by atoms with van der Waals surface area (Å²) in [5.74, 6) is -0.728. The maximum Gasteiger partial charge on any atom is 0.243 e. The highest BCUT2D eigenvalue weighted by molar-refractivity contribution is 6.35. The second-order valence-corrected chi connectivity index (χ2v) is 5.09. The molecule has 8 heteroatoms. The SMILES string of the molecule is COC(CN)CC(=O)NCC(=O)Nc1cc(Cl)ccc1Cl. The van der Waals surface area contributed by atoms with Crippen molar-refractivity contribution in [1.29, 1.82) is 0 Å². The van der Waals surface area contributed by atoms with Gasteiger partial charge in [0.05, 0.1) is 29.8 Å². The van der Waals surface area contributed by atoms with E-state index in [1.54, 1.807) is 12.1 Å². The van der Waals surface area contributed by atoms with Crippen LogP contribution >= 0.6 is 23.2 Å². The first-order chi connectivity index (χ1) is 9.96. The fraction of sp³-hybridized carbons (Fsp3) is 0.385. The molecule has 4 N–H and O–H groups in total. The lowest BCUT2D eigenvalue weighted by atomic mass is 10.2. The third-order valence-electron chi connectivity index (χ3n) is 2.66. The Kier molecular flexibility index (Phi) is 7.45. The molecule has 0 fully saturated rings. The number of methoxy groups -OCH3 is 1. The standard InChI is InChI=1S/C13H17Cl2N3O3/c1-21-9(6-16)5-12(19)17-7-13(20)18-11-4-8(14)2-3-10(11)15/h2-4,9H,5-7,16H2,1H3,(H,17,19)(H,18,20). The van der Waals surface area contributed by atoms with Crippen molar-refractivity contribution in [2.24, 2.45) is 5.73 Å². The maximum atomic E-state index is 11.7. The number of rotatable bonds is 7. The Hall–Kier alpha value is -1.34. The fourth-order valence-electron chi connectivity index (χ4n) is 1.51. The van der Waals surface area contributed by atoms with E-state index in [0.717, 1.165) is 0 Å². The summed E-state index contributed by atoms with van der Waals surface area (Å²) in [6, 6.07) is 4.71. The van der Waals surface area contributed by atoms with E-state index in [2.05, 4.69) is 10.6 Å². The number of benzene rings is 1. The van der Waals surface area contributed by atoms with Crippen molar-refractivity contribution < 1.29 is 14.3 Å². The number of carbonyl (C=O) groups is 2. The van der Waals surface area contributed by atoms with E-state index in [-0.39, 0.29) is 31.5 Å². The number of anilines is 1. The number of ether oxygens (including phenoxy) is 1. The quantitative estimate of drug-likeness (QED) is 0.703. The van der Waals surface area contributed by atoms with Crippen LogP contribution in [-0.4, -0.2) is 38.1 Å². The van der Waals surface area contributed by atoms with Crippen LogP contribution in [0.2, 0.25) is 10.0 Å². The van der Waals surface area contributed by atoms with E-state index in [4.69, 9.17) is 33.7 Å². The third-order valence-corrected chi connectivity index (χ3v) is 3.22. The zero-order chi connectivity index (χ0) is 15.8. The van der Waals surface area contributed by atoms with Crippen LogP contribution in [0.25, 0.3) is 0 Å². The number of nitrogens with two attached hydrogens (primary N) is 1. The lowest BCUT2D eigenvalue weighted by molar-refractivity contribution is -0.125. The average molecular weight is 334 g/mol. The van der Waals surface area contributed by atoms with E-state index in [1.807, 2.05) is 0 Å². The minimum atomic E-state index is -0.408. The van der Waals surface area contributed by atoms with Crippen LogP contribution in [-0.2, 0) is 14.3 Å². The van der Waals surface area contributed by atoms with Crippen LogP contribution in [0.5, 0.6) is 0 Å². The number of nitrogens with one attached hydrogen (secondary N) is 2. The molecule has 116 valence electrons. The molecule has 2 amide bonds. The van der Waals surface area contributed by atoms with E-state index >= 15 is 0 Å². The molecule has 0 saturated heterocycles. The van der Waals surface area contributed by atoms with Crippen LogP contribution in [0.1, 0.15) is 6.42 Å². The molecular formula is C13H17Cl2N3O3. The summed E-state index contributed by atoms with van der Waals surface area (Å²) in [7, 11) is 1.47. The van der Waals surface area contributed by atoms with Gasteiger partial charge in [-0.25, -0.2) is 0 Å². The Morgan fingerprint density at radius 2 is 2.05 bits per heavy atom. The van der Waals surface area contributed by atoms with Crippen molar-refractivity contribution in [3.63, 3.8) is 0 Å². The molecule has 0 aliphatic heterocycles. The maximum absolute atomic E-state index is 11.7. The van der Waals surface area contributed by atoms with Gasteiger partial charge in [0, 0.05) is 18.7 Å². The van der Waals surface area contributed by atoms with Crippen molar-refractivity contribution in [2.75, 3.05) is 25.5 Å². The van der Waals surface area contributed by atoms with Crippen LogP contribution in [0, 0.1) is 0 Å². The van der Waals surface area contributed by atoms with Crippen molar-refractivity contribution >= 4 is 40.7 Å². The Morgan fingerprint density at radius 1 is 1.33 bits per heavy atom. The minimum absolute atomic E-state index is 0.0954. The van der Waals surface area contributed by atoms with Gasteiger partial charge in [0.1, 0.15) is 0 Å². The van der Waals surface area contributed by atoms with Gasteiger partial charge >= 0.3 is 0 Å². The van der Waals surface area contributed by atoms with Gasteiger partial charge in [0.15, 0.2) is 0 Å². The molecule has 0 aromatic heterocycles. The molecule has 0 spiro atoms. The van der Waals surface area contributed by atoms with Crippen molar-refractivity contribution in [3.05, 3.63) is 28.2 Å². The predicted octanol–water partition coefficient (Wildman–Crippen LogP) is 1.41. The first kappa shape index (κ1) is 17.7. The number of hydrogen-bond acceptors (Lipinski definition) is 4. The van der Waals surface area contributed by atoms with Gasteiger partial charge in [-0.1, -0.05) is 23.2 Å². The van der Waals surface area contributed by atoms with Gasteiger partial charge in [-0.15, -0.1) is 0 Å². The molecule has 1 aromatic carbocycles. The van der Waals surface area contributed by atoms with E-state index < -0.39 is 5.91 Å². The molecule has 21 heavy (non-hydrogen) atoms. The summed E-state index contributed by atoms with van der Waals surface area (Å²) < 4.78 is 4.98.